The number of aryl methyl sites for hydroxylation is 1. The standard InChI is InChI=1S/C21H21F3N4O/c1-14-5-2-3-6-15(14)11-19(29)27-10-4-7-16(12-27)20-26-25-18-9-8-17(13-28(18)20)21(22,23)24/h2-3,5-6,8-9,13,16H,4,7,10-12H2,1H3. The van der Waals surface area contributed by atoms with E-state index in [0.29, 0.717) is 31.0 Å². The fourth-order valence-corrected chi connectivity index (χ4v) is 3.85. The van der Waals surface area contributed by atoms with Crippen LogP contribution in [-0.2, 0) is 17.4 Å². The van der Waals surface area contributed by atoms with Gasteiger partial charge in [-0.3, -0.25) is 9.20 Å². The zero-order valence-electron chi connectivity index (χ0n) is 16.0. The van der Waals surface area contributed by atoms with Gasteiger partial charge in [0.15, 0.2) is 5.65 Å². The minimum atomic E-state index is -4.43. The van der Waals surface area contributed by atoms with Crippen LogP contribution in [-0.4, -0.2) is 38.5 Å². The summed E-state index contributed by atoms with van der Waals surface area (Å²) in [4.78, 5) is 14.6. The summed E-state index contributed by atoms with van der Waals surface area (Å²) >= 11 is 0. The average Bonchev–Trinajstić information content (AvgIpc) is 3.12. The Morgan fingerprint density at radius 3 is 2.72 bits per heavy atom. The zero-order chi connectivity index (χ0) is 20.6. The topological polar surface area (TPSA) is 50.5 Å². The summed E-state index contributed by atoms with van der Waals surface area (Å²) in [5.74, 6) is 0.344. The summed E-state index contributed by atoms with van der Waals surface area (Å²) in [6, 6.07) is 10.1. The third kappa shape index (κ3) is 3.97. The van der Waals surface area contributed by atoms with Crippen LogP contribution in [0.1, 0.15) is 41.3 Å². The van der Waals surface area contributed by atoms with Crippen molar-refractivity contribution in [1.82, 2.24) is 19.5 Å². The molecular weight excluding hydrogens is 381 g/mol. The van der Waals surface area contributed by atoms with Crippen LogP contribution in [0.3, 0.4) is 0 Å². The molecule has 8 heteroatoms. The molecule has 152 valence electrons. The summed E-state index contributed by atoms with van der Waals surface area (Å²) in [6.45, 7) is 3.05. The molecule has 0 N–H and O–H groups in total. The van der Waals surface area contributed by atoms with Crippen LogP contribution >= 0.6 is 0 Å². The molecule has 2 aromatic heterocycles. The quantitative estimate of drug-likeness (QED) is 0.665. The van der Waals surface area contributed by atoms with Crippen molar-refractivity contribution in [1.29, 1.82) is 0 Å². The van der Waals surface area contributed by atoms with Crippen molar-refractivity contribution < 1.29 is 18.0 Å². The number of hydrogen-bond donors (Lipinski definition) is 0. The van der Waals surface area contributed by atoms with Crippen molar-refractivity contribution >= 4 is 11.6 Å². The van der Waals surface area contributed by atoms with E-state index in [2.05, 4.69) is 10.2 Å². The summed E-state index contributed by atoms with van der Waals surface area (Å²) in [5, 5.41) is 8.15. The molecule has 29 heavy (non-hydrogen) atoms. The molecular formula is C21H21F3N4O. The normalized spacial score (nSPS) is 17.7. The van der Waals surface area contributed by atoms with Crippen molar-refractivity contribution in [3.05, 3.63) is 65.1 Å². The van der Waals surface area contributed by atoms with Gasteiger partial charge in [0.25, 0.3) is 0 Å². The van der Waals surface area contributed by atoms with Gasteiger partial charge in [-0.15, -0.1) is 10.2 Å². The Balaban J connectivity index is 1.55. The number of piperidine rings is 1. The summed E-state index contributed by atoms with van der Waals surface area (Å²) in [5.41, 5.74) is 1.69. The Hall–Kier alpha value is -2.90. The fourth-order valence-electron chi connectivity index (χ4n) is 3.85. The predicted octanol–water partition coefficient (Wildman–Crippen LogP) is 4.01. The number of benzene rings is 1. The van der Waals surface area contributed by atoms with E-state index >= 15 is 0 Å². The van der Waals surface area contributed by atoms with Gasteiger partial charge >= 0.3 is 6.18 Å². The van der Waals surface area contributed by atoms with Gasteiger partial charge in [0.1, 0.15) is 5.82 Å². The maximum atomic E-state index is 13.1. The van der Waals surface area contributed by atoms with Gasteiger partial charge in [0.05, 0.1) is 12.0 Å². The van der Waals surface area contributed by atoms with Crippen LogP contribution in [0.15, 0.2) is 42.6 Å². The Labute approximate surface area is 166 Å². The molecule has 1 fully saturated rings. The van der Waals surface area contributed by atoms with E-state index in [-0.39, 0.29) is 11.8 Å². The number of alkyl halides is 3. The number of fused-ring (bicyclic) bond motifs is 1. The van der Waals surface area contributed by atoms with Crippen LogP contribution in [0, 0.1) is 6.92 Å². The lowest BCUT2D eigenvalue weighted by atomic mass is 9.96. The number of nitrogens with zero attached hydrogens (tertiary/aromatic N) is 4. The largest absolute Gasteiger partial charge is 0.417 e. The van der Waals surface area contributed by atoms with E-state index in [9.17, 15) is 18.0 Å². The van der Waals surface area contributed by atoms with Gasteiger partial charge < -0.3 is 4.90 Å². The van der Waals surface area contributed by atoms with Crippen molar-refractivity contribution in [3.8, 4) is 0 Å². The fraction of sp³-hybridized carbons (Fsp3) is 0.381. The number of halogens is 3. The first-order chi connectivity index (χ1) is 13.8. The number of rotatable bonds is 3. The van der Waals surface area contributed by atoms with Crippen LogP contribution in [0.2, 0.25) is 0 Å². The second-order valence-corrected chi connectivity index (χ2v) is 7.48. The maximum Gasteiger partial charge on any atom is 0.417 e. The second kappa shape index (κ2) is 7.50. The van der Waals surface area contributed by atoms with E-state index in [4.69, 9.17) is 0 Å². The summed E-state index contributed by atoms with van der Waals surface area (Å²) < 4.78 is 40.7. The molecule has 1 unspecified atom stereocenters. The van der Waals surface area contributed by atoms with Crippen LogP contribution < -0.4 is 0 Å². The first-order valence-corrected chi connectivity index (χ1v) is 9.57. The van der Waals surface area contributed by atoms with Gasteiger partial charge in [-0.05, 0) is 43.0 Å². The smallest absolute Gasteiger partial charge is 0.342 e. The molecule has 1 amide bonds. The first-order valence-electron chi connectivity index (χ1n) is 9.57. The molecule has 1 aliphatic rings. The van der Waals surface area contributed by atoms with E-state index in [1.165, 1.54) is 10.5 Å². The monoisotopic (exact) mass is 402 g/mol. The lowest BCUT2D eigenvalue weighted by Gasteiger charge is -2.32. The molecule has 1 saturated heterocycles. The van der Waals surface area contributed by atoms with Crippen molar-refractivity contribution in [2.24, 2.45) is 0 Å². The third-order valence-electron chi connectivity index (χ3n) is 5.50. The van der Waals surface area contributed by atoms with E-state index in [1.807, 2.05) is 31.2 Å². The highest BCUT2D eigenvalue weighted by Gasteiger charge is 2.32. The van der Waals surface area contributed by atoms with E-state index < -0.39 is 11.7 Å². The highest BCUT2D eigenvalue weighted by atomic mass is 19.4. The Morgan fingerprint density at radius 1 is 1.17 bits per heavy atom. The molecule has 3 aromatic rings. The van der Waals surface area contributed by atoms with Crippen LogP contribution in [0.5, 0.6) is 0 Å². The van der Waals surface area contributed by atoms with Gasteiger partial charge in [0, 0.05) is 25.2 Å². The van der Waals surface area contributed by atoms with Crippen LogP contribution in [0.4, 0.5) is 13.2 Å². The number of hydrogen-bond acceptors (Lipinski definition) is 3. The molecule has 0 radical (unpaired) electrons. The number of carbonyl (C=O) groups is 1. The van der Waals surface area contributed by atoms with Gasteiger partial charge in [-0.25, -0.2) is 0 Å². The highest BCUT2D eigenvalue weighted by molar-refractivity contribution is 5.79. The third-order valence-corrected chi connectivity index (χ3v) is 5.50. The molecule has 1 atom stereocenters. The SMILES string of the molecule is Cc1ccccc1CC(=O)N1CCCC(c2nnc3ccc(C(F)(F)F)cn23)C1. The van der Waals surface area contributed by atoms with Crippen molar-refractivity contribution in [2.75, 3.05) is 13.1 Å². The number of likely N-dealkylation sites (tertiary alicyclic amines) is 1. The molecule has 4 rings (SSSR count). The molecule has 0 spiro atoms. The number of aromatic nitrogens is 3. The number of pyridine rings is 1. The molecule has 0 bridgehead atoms. The van der Waals surface area contributed by atoms with Crippen LogP contribution in [0.25, 0.3) is 5.65 Å². The first kappa shape index (κ1) is 19.4. The maximum absolute atomic E-state index is 13.1. The van der Waals surface area contributed by atoms with E-state index in [1.54, 1.807) is 4.90 Å². The molecule has 0 aliphatic carbocycles. The minimum absolute atomic E-state index is 0.0220. The second-order valence-electron chi connectivity index (χ2n) is 7.48. The van der Waals surface area contributed by atoms with Crippen molar-refractivity contribution in [3.63, 3.8) is 0 Å². The molecule has 3 heterocycles. The van der Waals surface area contributed by atoms with Gasteiger partial charge in [0.2, 0.25) is 5.91 Å². The number of carbonyl (C=O) groups excluding carboxylic acids is 1. The Bertz CT molecular complexity index is 1040. The molecule has 5 nitrogen and oxygen atoms in total. The van der Waals surface area contributed by atoms with Gasteiger partial charge in [-0.2, -0.15) is 13.2 Å². The lowest BCUT2D eigenvalue weighted by Crippen LogP contribution is -2.40. The molecule has 1 aromatic carbocycles. The predicted molar refractivity (Wildman–Crippen MR) is 101 cm³/mol. The van der Waals surface area contributed by atoms with E-state index in [0.717, 1.165) is 36.2 Å². The Kier molecular flexibility index (Phi) is 5.02. The van der Waals surface area contributed by atoms with Gasteiger partial charge in [-0.1, -0.05) is 24.3 Å². The summed E-state index contributed by atoms with van der Waals surface area (Å²) in [6.07, 6.45) is -1.54. The minimum Gasteiger partial charge on any atom is -0.342 e. The molecule has 0 saturated carbocycles. The average molecular weight is 402 g/mol. The number of amides is 1. The lowest BCUT2D eigenvalue weighted by molar-refractivity contribution is -0.137. The molecule has 1 aliphatic heterocycles. The van der Waals surface area contributed by atoms with Crippen molar-refractivity contribution in [2.45, 2.75) is 38.3 Å². The highest BCUT2D eigenvalue weighted by Crippen LogP contribution is 2.31. The summed E-state index contributed by atoms with van der Waals surface area (Å²) in [7, 11) is 0. The Morgan fingerprint density at radius 2 is 1.97 bits per heavy atom. The zero-order valence-corrected chi connectivity index (χ0v) is 16.0.